The van der Waals surface area contributed by atoms with E-state index in [0.29, 0.717) is 0 Å². The lowest BCUT2D eigenvalue weighted by Gasteiger charge is -2.32. The molecule has 2 heteroatoms. The molecule has 3 aliphatic rings. The van der Waals surface area contributed by atoms with Gasteiger partial charge in [0.2, 0.25) is 0 Å². The zero-order chi connectivity index (χ0) is 11.0. The van der Waals surface area contributed by atoms with Gasteiger partial charge >= 0.3 is 0 Å². The quantitative estimate of drug-likeness (QED) is 0.763. The van der Waals surface area contributed by atoms with Crippen LogP contribution in [-0.4, -0.2) is 25.7 Å². The Balaban J connectivity index is 1.45. The van der Waals surface area contributed by atoms with E-state index in [2.05, 4.69) is 17.6 Å². The summed E-state index contributed by atoms with van der Waals surface area (Å²) in [5.74, 6) is 4.00. The van der Waals surface area contributed by atoms with Crippen molar-refractivity contribution < 1.29 is 0 Å². The van der Waals surface area contributed by atoms with Gasteiger partial charge in [-0.15, -0.1) is 0 Å². The first-order valence-corrected chi connectivity index (χ1v) is 7.27. The molecule has 2 saturated carbocycles. The highest BCUT2D eigenvalue weighted by Gasteiger charge is 2.39. The van der Waals surface area contributed by atoms with Crippen LogP contribution in [0.3, 0.4) is 0 Å². The Bertz CT molecular complexity index is 239. The fourth-order valence-electron chi connectivity index (χ4n) is 4.25. The van der Waals surface area contributed by atoms with E-state index in [-0.39, 0.29) is 0 Å². The Morgan fingerprint density at radius 2 is 2.12 bits per heavy atom. The Kier molecular flexibility index (Phi) is 3.21. The lowest BCUT2D eigenvalue weighted by molar-refractivity contribution is 0.253. The molecule has 16 heavy (non-hydrogen) atoms. The number of rotatable bonds is 3. The molecule has 0 aromatic carbocycles. The van der Waals surface area contributed by atoms with E-state index in [0.717, 1.165) is 29.7 Å². The molecule has 5 atom stereocenters. The second-order valence-electron chi connectivity index (χ2n) is 6.42. The summed E-state index contributed by atoms with van der Waals surface area (Å²) in [6.07, 6.45) is 7.46. The molecule has 3 fully saturated rings. The van der Waals surface area contributed by atoms with Gasteiger partial charge in [0.15, 0.2) is 0 Å². The molecule has 92 valence electrons. The molecule has 0 spiro atoms. The zero-order valence-electron chi connectivity index (χ0n) is 10.5. The summed E-state index contributed by atoms with van der Waals surface area (Å²) in [5.41, 5.74) is 0. The van der Waals surface area contributed by atoms with Crippen molar-refractivity contribution in [1.29, 1.82) is 0 Å². The third-order valence-electron chi connectivity index (χ3n) is 5.31. The van der Waals surface area contributed by atoms with Crippen LogP contribution in [0.4, 0.5) is 0 Å². The maximum atomic E-state index is 3.86. The second kappa shape index (κ2) is 4.66. The number of piperidine rings is 1. The van der Waals surface area contributed by atoms with Crippen LogP contribution >= 0.6 is 0 Å². The van der Waals surface area contributed by atoms with Crippen molar-refractivity contribution in [3.8, 4) is 0 Å². The summed E-state index contributed by atoms with van der Waals surface area (Å²) in [4.78, 5) is 0. The fourth-order valence-corrected chi connectivity index (χ4v) is 4.25. The summed E-state index contributed by atoms with van der Waals surface area (Å²) in [6.45, 7) is 6.09. The largest absolute Gasteiger partial charge is 0.316 e. The summed E-state index contributed by atoms with van der Waals surface area (Å²) in [6, 6.07) is 0.778. The molecular formula is C14H26N2. The van der Waals surface area contributed by atoms with Gasteiger partial charge in [-0.25, -0.2) is 0 Å². The average molecular weight is 222 g/mol. The van der Waals surface area contributed by atoms with Crippen LogP contribution in [0.15, 0.2) is 0 Å². The van der Waals surface area contributed by atoms with E-state index in [1.807, 2.05) is 0 Å². The van der Waals surface area contributed by atoms with Crippen molar-refractivity contribution in [3.63, 3.8) is 0 Å². The minimum atomic E-state index is 0.778. The molecule has 0 amide bonds. The molecule has 1 heterocycles. The van der Waals surface area contributed by atoms with E-state index in [1.165, 1.54) is 45.3 Å². The first kappa shape index (κ1) is 11.0. The van der Waals surface area contributed by atoms with Gasteiger partial charge in [0.05, 0.1) is 0 Å². The number of fused-ring (bicyclic) bond motifs is 2. The van der Waals surface area contributed by atoms with Gasteiger partial charge in [0.25, 0.3) is 0 Å². The maximum Gasteiger partial charge on any atom is 0.0117 e. The predicted molar refractivity (Wildman–Crippen MR) is 67.4 cm³/mol. The first-order chi connectivity index (χ1) is 7.83. The molecule has 0 radical (unpaired) electrons. The van der Waals surface area contributed by atoms with E-state index >= 15 is 0 Å². The molecule has 1 aliphatic heterocycles. The zero-order valence-corrected chi connectivity index (χ0v) is 10.5. The Labute approximate surface area is 99.6 Å². The molecule has 0 aromatic rings. The number of hydrogen-bond donors (Lipinski definition) is 2. The summed E-state index contributed by atoms with van der Waals surface area (Å²) >= 11 is 0. The fraction of sp³-hybridized carbons (Fsp3) is 1.00. The molecule has 2 N–H and O–H groups in total. The van der Waals surface area contributed by atoms with Gasteiger partial charge in [0, 0.05) is 6.04 Å². The molecule has 2 nitrogen and oxygen atoms in total. The van der Waals surface area contributed by atoms with Crippen molar-refractivity contribution in [3.05, 3.63) is 0 Å². The Morgan fingerprint density at radius 3 is 2.81 bits per heavy atom. The lowest BCUT2D eigenvalue weighted by Crippen LogP contribution is -2.47. The average Bonchev–Trinajstić information content (AvgIpc) is 2.90. The molecule has 3 rings (SSSR count). The van der Waals surface area contributed by atoms with Crippen molar-refractivity contribution >= 4 is 0 Å². The summed E-state index contributed by atoms with van der Waals surface area (Å²) < 4.78 is 0. The Hall–Kier alpha value is -0.0800. The highest BCUT2D eigenvalue weighted by Crippen LogP contribution is 2.48. The van der Waals surface area contributed by atoms with Gasteiger partial charge in [-0.05, 0) is 69.0 Å². The summed E-state index contributed by atoms with van der Waals surface area (Å²) in [5, 5.41) is 7.34. The van der Waals surface area contributed by atoms with Crippen molar-refractivity contribution in [2.45, 2.75) is 45.1 Å². The van der Waals surface area contributed by atoms with Crippen LogP contribution in [0.5, 0.6) is 0 Å². The van der Waals surface area contributed by atoms with E-state index < -0.39 is 0 Å². The first-order valence-electron chi connectivity index (χ1n) is 7.27. The Morgan fingerprint density at radius 1 is 1.19 bits per heavy atom. The highest BCUT2D eigenvalue weighted by molar-refractivity contribution is 4.92. The maximum absolute atomic E-state index is 3.86. The molecule has 5 unspecified atom stereocenters. The van der Waals surface area contributed by atoms with Crippen LogP contribution < -0.4 is 10.6 Å². The molecule has 2 bridgehead atoms. The molecular weight excluding hydrogens is 196 g/mol. The van der Waals surface area contributed by atoms with Crippen LogP contribution in [0.25, 0.3) is 0 Å². The smallest absolute Gasteiger partial charge is 0.0117 e. The lowest BCUT2D eigenvalue weighted by atomic mass is 9.87. The predicted octanol–water partition coefficient (Wildman–Crippen LogP) is 2.01. The van der Waals surface area contributed by atoms with Crippen LogP contribution in [0.2, 0.25) is 0 Å². The third kappa shape index (κ3) is 2.14. The van der Waals surface area contributed by atoms with Crippen LogP contribution in [-0.2, 0) is 0 Å². The van der Waals surface area contributed by atoms with E-state index in [4.69, 9.17) is 0 Å². The number of nitrogens with one attached hydrogen (secondary N) is 2. The minimum absolute atomic E-state index is 0.778. The third-order valence-corrected chi connectivity index (χ3v) is 5.31. The van der Waals surface area contributed by atoms with Crippen molar-refractivity contribution in [1.82, 2.24) is 10.6 Å². The second-order valence-corrected chi connectivity index (χ2v) is 6.42. The van der Waals surface area contributed by atoms with Gasteiger partial charge in [-0.1, -0.05) is 13.3 Å². The van der Waals surface area contributed by atoms with Gasteiger partial charge in [0.1, 0.15) is 0 Å². The minimum Gasteiger partial charge on any atom is -0.316 e. The molecule has 0 aromatic heterocycles. The van der Waals surface area contributed by atoms with Crippen LogP contribution in [0.1, 0.15) is 39.0 Å². The summed E-state index contributed by atoms with van der Waals surface area (Å²) in [7, 11) is 0. The topological polar surface area (TPSA) is 24.1 Å². The van der Waals surface area contributed by atoms with Crippen molar-refractivity contribution in [2.24, 2.45) is 23.7 Å². The molecule has 2 aliphatic carbocycles. The van der Waals surface area contributed by atoms with E-state index in [1.54, 1.807) is 6.42 Å². The van der Waals surface area contributed by atoms with Crippen molar-refractivity contribution in [2.75, 3.05) is 19.6 Å². The van der Waals surface area contributed by atoms with Gasteiger partial charge in [-0.2, -0.15) is 0 Å². The van der Waals surface area contributed by atoms with Gasteiger partial charge in [-0.3, -0.25) is 0 Å². The highest BCUT2D eigenvalue weighted by atomic mass is 15.0. The standard InChI is InChI=1S/C14H26N2/c1-10-8-15-5-4-14(10)16-9-13-7-11-2-3-12(13)6-11/h10-16H,2-9H2,1H3. The van der Waals surface area contributed by atoms with E-state index in [9.17, 15) is 0 Å². The SMILES string of the molecule is CC1CNCCC1NCC1CC2CCC1C2. The van der Waals surface area contributed by atoms with Crippen LogP contribution in [0, 0.1) is 23.7 Å². The van der Waals surface area contributed by atoms with Gasteiger partial charge < -0.3 is 10.6 Å². The normalized spacial score (nSPS) is 47.4. The monoisotopic (exact) mass is 222 g/mol. The molecule has 1 saturated heterocycles. The number of hydrogen-bond acceptors (Lipinski definition) is 2.